The number of ether oxygens (including phenoxy) is 2. The Labute approximate surface area is 109 Å². The molecule has 1 saturated carbocycles. The Morgan fingerprint density at radius 3 is 2.06 bits per heavy atom. The zero-order valence-corrected chi connectivity index (χ0v) is 11.3. The van der Waals surface area contributed by atoms with Crippen LogP contribution in [0.3, 0.4) is 0 Å². The lowest BCUT2D eigenvalue weighted by molar-refractivity contribution is -0.193. The molecule has 18 heavy (non-hydrogen) atoms. The van der Waals surface area contributed by atoms with E-state index in [4.69, 9.17) is 9.47 Å². The van der Waals surface area contributed by atoms with E-state index >= 15 is 0 Å². The van der Waals surface area contributed by atoms with Crippen LogP contribution in [-0.2, 0) is 9.47 Å². The average Bonchev–Trinajstić information content (AvgIpc) is 2.66. The molecule has 0 bridgehead atoms. The van der Waals surface area contributed by atoms with Crippen molar-refractivity contribution >= 4 is 0 Å². The van der Waals surface area contributed by atoms with Crippen LogP contribution in [-0.4, -0.2) is 18.0 Å². The van der Waals surface area contributed by atoms with Gasteiger partial charge >= 0.3 is 0 Å². The summed E-state index contributed by atoms with van der Waals surface area (Å²) in [6.07, 6.45) is 4.87. The van der Waals surface area contributed by atoms with Crippen LogP contribution in [0.2, 0.25) is 0 Å². The Kier molecular flexibility index (Phi) is 3.16. The second-order valence-electron chi connectivity index (χ2n) is 5.74. The molecule has 98 valence electrons. The molecule has 2 aliphatic rings. The second kappa shape index (κ2) is 4.67. The van der Waals surface area contributed by atoms with Crippen LogP contribution in [0, 0.1) is 0 Å². The van der Waals surface area contributed by atoms with E-state index in [1.807, 2.05) is 0 Å². The summed E-state index contributed by atoms with van der Waals surface area (Å²) in [6, 6.07) is 10.8. The van der Waals surface area contributed by atoms with E-state index in [1.54, 1.807) is 0 Å². The Bertz CT molecular complexity index is 381. The average molecular weight is 246 g/mol. The fourth-order valence-electron chi connectivity index (χ4n) is 3.25. The maximum Gasteiger partial charge on any atom is 0.169 e. The molecule has 2 atom stereocenters. The third kappa shape index (κ3) is 2.19. The molecule has 2 fully saturated rings. The quantitative estimate of drug-likeness (QED) is 0.749. The van der Waals surface area contributed by atoms with Crippen LogP contribution in [0.1, 0.15) is 51.0 Å². The van der Waals surface area contributed by atoms with Crippen molar-refractivity contribution in [3.8, 4) is 0 Å². The first-order chi connectivity index (χ1) is 8.69. The minimum Gasteiger partial charge on any atom is -0.344 e. The van der Waals surface area contributed by atoms with E-state index in [2.05, 4.69) is 44.2 Å². The molecule has 0 radical (unpaired) electrons. The molecule has 0 N–H and O–H groups in total. The summed E-state index contributed by atoms with van der Waals surface area (Å²) in [5, 5.41) is 0. The largest absolute Gasteiger partial charge is 0.344 e. The first kappa shape index (κ1) is 12.2. The van der Waals surface area contributed by atoms with E-state index < -0.39 is 0 Å². The molecule has 1 saturated heterocycles. The molecule has 0 amide bonds. The van der Waals surface area contributed by atoms with Crippen molar-refractivity contribution in [2.45, 2.75) is 63.4 Å². The molecule has 2 heteroatoms. The Hall–Kier alpha value is -0.860. The summed E-state index contributed by atoms with van der Waals surface area (Å²) in [7, 11) is 0. The highest BCUT2D eigenvalue weighted by atomic mass is 16.8. The molecule has 1 spiro atoms. The van der Waals surface area contributed by atoms with Crippen LogP contribution in [0.15, 0.2) is 30.3 Å². The highest BCUT2D eigenvalue weighted by Crippen LogP contribution is 2.44. The predicted molar refractivity (Wildman–Crippen MR) is 71.5 cm³/mol. The molecular formula is C16H22O2. The standard InChI is InChI=1S/C16H22O2/c1-12-13(2)18-16(17-12)10-8-15(9-11-16)14-6-4-3-5-7-14/h3-7,12-13,15H,8-11H2,1-2H3/t12-,13-/m1/s1. The van der Waals surface area contributed by atoms with Gasteiger partial charge in [0.2, 0.25) is 0 Å². The molecular weight excluding hydrogens is 224 g/mol. The second-order valence-corrected chi connectivity index (χ2v) is 5.74. The van der Waals surface area contributed by atoms with Crippen LogP contribution in [0.4, 0.5) is 0 Å². The zero-order chi connectivity index (χ0) is 12.6. The van der Waals surface area contributed by atoms with Gasteiger partial charge in [-0.1, -0.05) is 30.3 Å². The maximum atomic E-state index is 6.06. The molecule has 2 nitrogen and oxygen atoms in total. The van der Waals surface area contributed by atoms with Gasteiger partial charge in [0.1, 0.15) is 0 Å². The van der Waals surface area contributed by atoms with Crippen molar-refractivity contribution < 1.29 is 9.47 Å². The van der Waals surface area contributed by atoms with E-state index in [1.165, 1.54) is 18.4 Å². The monoisotopic (exact) mass is 246 g/mol. The van der Waals surface area contributed by atoms with Gasteiger partial charge in [0.05, 0.1) is 12.2 Å². The minimum absolute atomic E-state index is 0.235. The summed E-state index contributed by atoms with van der Waals surface area (Å²) < 4.78 is 12.1. The molecule has 1 aromatic carbocycles. The summed E-state index contributed by atoms with van der Waals surface area (Å²) >= 11 is 0. The normalized spacial score (nSPS) is 31.9. The SMILES string of the molecule is C[C@H]1OC2(CCC(c3ccccc3)CC2)O[C@@H]1C. The number of rotatable bonds is 1. The number of hydrogen-bond acceptors (Lipinski definition) is 2. The van der Waals surface area contributed by atoms with Crippen LogP contribution < -0.4 is 0 Å². The van der Waals surface area contributed by atoms with Gasteiger partial charge in [0, 0.05) is 12.8 Å². The van der Waals surface area contributed by atoms with Gasteiger partial charge in [-0.25, -0.2) is 0 Å². The lowest BCUT2D eigenvalue weighted by Crippen LogP contribution is -2.35. The third-order valence-electron chi connectivity index (χ3n) is 4.48. The fraction of sp³-hybridized carbons (Fsp3) is 0.625. The van der Waals surface area contributed by atoms with E-state index in [-0.39, 0.29) is 18.0 Å². The molecule has 1 aliphatic heterocycles. The predicted octanol–water partition coefficient (Wildman–Crippen LogP) is 3.86. The fourth-order valence-corrected chi connectivity index (χ4v) is 3.25. The van der Waals surface area contributed by atoms with Crippen LogP contribution in [0.5, 0.6) is 0 Å². The minimum atomic E-state index is -0.274. The smallest absolute Gasteiger partial charge is 0.169 e. The molecule has 0 unspecified atom stereocenters. The highest BCUT2D eigenvalue weighted by molar-refractivity contribution is 5.20. The van der Waals surface area contributed by atoms with Crippen molar-refractivity contribution in [3.63, 3.8) is 0 Å². The van der Waals surface area contributed by atoms with Gasteiger partial charge in [-0.2, -0.15) is 0 Å². The first-order valence-electron chi connectivity index (χ1n) is 7.09. The van der Waals surface area contributed by atoms with Crippen molar-refractivity contribution in [1.82, 2.24) is 0 Å². The highest BCUT2D eigenvalue weighted by Gasteiger charge is 2.46. The number of benzene rings is 1. The van der Waals surface area contributed by atoms with Crippen molar-refractivity contribution in [1.29, 1.82) is 0 Å². The van der Waals surface area contributed by atoms with Crippen molar-refractivity contribution in [2.24, 2.45) is 0 Å². The summed E-state index contributed by atoms with van der Waals surface area (Å²) in [5.41, 5.74) is 1.46. The van der Waals surface area contributed by atoms with Crippen molar-refractivity contribution in [2.75, 3.05) is 0 Å². The van der Waals surface area contributed by atoms with Crippen LogP contribution >= 0.6 is 0 Å². The van der Waals surface area contributed by atoms with Gasteiger partial charge in [-0.15, -0.1) is 0 Å². The van der Waals surface area contributed by atoms with Gasteiger partial charge in [-0.3, -0.25) is 0 Å². The van der Waals surface area contributed by atoms with Gasteiger partial charge < -0.3 is 9.47 Å². The first-order valence-corrected chi connectivity index (χ1v) is 7.09. The summed E-state index contributed by atoms with van der Waals surface area (Å²) in [6.45, 7) is 4.23. The number of hydrogen-bond donors (Lipinski definition) is 0. The third-order valence-corrected chi connectivity index (χ3v) is 4.48. The lowest BCUT2D eigenvalue weighted by Gasteiger charge is -2.36. The van der Waals surface area contributed by atoms with E-state index in [9.17, 15) is 0 Å². The van der Waals surface area contributed by atoms with Crippen LogP contribution in [0.25, 0.3) is 0 Å². The molecule has 1 aromatic rings. The van der Waals surface area contributed by atoms with Gasteiger partial charge in [-0.05, 0) is 38.2 Å². The van der Waals surface area contributed by atoms with E-state index in [0.717, 1.165) is 12.8 Å². The zero-order valence-electron chi connectivity index (χ0n) is 11.3. The molecule has 1 aliphatic carbocycles. The summed E-state index contributed by atoms with van der Waals surface area (Å²) in [5.74, 6) is 0.402. The molecule has 1 heterocycles. The topological polar surface area (TPSA) is 18.5 Å². The van der Waals surface area contributed by atoms with Crippen molar-refractivity contribution in [3.05, 3.63) is 35.9 Å². The maximum absolute atomic E-state index is 6.06. The van der Waals surface area contributed by atoms with Gasteiger partial charge in [0.15, 0.2) is 5.79 Å². The Balaban J connectivity index is 1.65. The lowest BCUT2D eigenvalue weighted by atomic mass is 9.81. The molecule has 0 aromatic heterocycles. The molecule has 3 rings (SSSR count). The Morgan fingerprint density at radius 2 is 1.50 bits per heavy atom. The van der Waals surface area contributed by atoms with E-state index in [0.29, 0.717) is 5.92 Å². The summed E-state index contributed by atoms with van der Waals surface area (Å²) in [4.78, 5) is 0. The van der Waals surface area contributed by atoms with Gasteiger partial charge in [0.25, 0.3) is 0 Å². The Morgan fingerprint density at radius 1 is 0.944 bits per heavy atom.